The van der Waals surface area contributed by atoms with Crippen molar-refractivity contribution < 1.29 is 14.3 Å². The predicted octanol–water partition coefficient (Wildman–Crippen LogP) is 6.83. The van der Waals surface area contributed by atoms with Crippen LogP contribution in [0.5, 0.6) is 0 Å². The Bertz CT molecular complexity index is 2000. The average Bonchev–Trinajstić information content (AvgIpc) is 3.70. The van der Waals surface area contributed by atoms with Gasteiger partial charge in [0.05, 0.1) is 36.0 Å². The zero-order valence-corrected chi connectivity index (χ0v) is 24.2. The lowest BCUT2D eigenvalue weighted by Gasteiger charge is -2.19. The number of nitrogens with one attached hydrogen (secondary N) is 1. The molecule has 1 amide bonds. The third kappa shape index (κ3) is 5.88. The second-order valence-corrected chi connectivity index (χ2v) is 10.6. The first kappa shape index (κ1) is 28.6. The van der Waals surface area contributed by atoms with Crippen molar-refractivity contribution >= 4 is 23.4 Å². The van der Waals surface area contributed by atoms with Crippen LogP contribution in [0.1, 0.15) is 17.4 Å². The zero-order valence-electron chi connectivity index (χ0n) is 23.4. The minimum atomic E-state index is -1.05. The van der Waals surface area contributed by atoms with Crippen molar-refractivity contribution in [1.29, 1.82) is 0 Å². The number of pyridine rings is 1. The number of anilines is 1. The van der Waals surface area contributed by atoms with Crippen LogP contribution in [0, 0.1) is 5.82 Å². The normalized spacial score (nSPS) is 11.8. The highest BCUT2D eigenvalue weighted by Gasteiger charge is 2.21. The number of aromatic nitrogens is 5. The van der Waals surface area contributed by atoms with Crippen molar-refractivity contribution in [1.82, 2.24) is 24.3 Å². The van der Waals surface area contributed by atoms with Crippen LogP contribution < -0.4 is 10.5 Å². The number of carboxylic acid groups (broad SMARTS) is 1. The van der Waals surface area contributed by atoms with Gasteiger partial charge >= 0.3 is 6.09 Å². The van der Waals surface area contributed by atoms with Gasteiger partial charge in [0.1, 0.15) is 5.82 Å². The summed E-state index contributed by atoms with van der Waals surface area (Å²) < 4.78 is 16.8. The number of H-pyrrole nitrogens is 1. The summed E-state index contributed by atoms with van der Waals surface area (Å²) >= 11 is 6.31. The maximum absolute atomic E-state index is 13.8. The first-order valence-corrected chi connectivity index (χ1v) is 14.0. The monoisotopic (exact) mass is 608 g/mol. The number of imidazole rings is 1. The van der Waals surface area contributed by atoms with Gasteiger partial charge in [-0.05, 0) is 53.1 Å². The molecule has 3 heterocycles. The van der Waals surface area contributed by atoms with Crippen molar-refractivity contribution in [2.24, 2.45) is 0 Å². The number of amides is 1. The van der Waals surface area contributed by atoms with Crippen LogP contribution in [-0.2, 0) is 6.42 Å². The van der Waals surface area contributed by atoms with Crippen LogP contribution in [0.3, 0.4) is 0 Å². The van der Waals surface area contributed by atoms with Crippen LogP contribution in [0.4, 0.5) is 14.9 Å². The Morgan fingerprint density at radius 3 is 2.48 bits per heavy atom. The van der Waals surface area contributed by atoms with E-state index in [9.17, 15) is 19.1 Å². The number of benzene rings is 3. The molecule has 11 heteroatoms. The molecule has 0 aliphatic rings. The van der Waals surface area contributed by atoms with Crippen molar-refractivity contribution in [2.45, 2.75) is 12.5 Å². The van der Waals surface area contributed by atoms with E-state index in [2.05, 4.69) is 15.1 Å². The summed E-state index contributed by atoms with van der Waals surface area (Å²) in [5, 5.41) is 13.8. The number of carbonyl (C=O) groups is 1. The second-order valence-electron chi connectivity index (χ2n) is 10.2. The molecule has 6 rings (SSSR count). The first-order valence-electron chi connectivity index (χ1n) is 13.7. The Kier molecular flexibility index (Phi) is 7.82. The molecule has 6 aromatic rings. The Labute approximate surface area is 256 Å². The van der Waals surface area contributed by atoms with Gasteiger partial charge in [-0.15, -0.1) is 0 Å². The Morgan fingerprint density at radius 2 is 1.80 bits per heavy atom. The van der Waals surface area contributed by atoms with E-state index in [1.165, 1.54) is 24.0 Å². The fourth-order valence-corrected chi connectivity index (χ4v) is 5.25. The smallest absolute Gasteiger partial charge is 0.411 e. The van der Waals surface area contributed by atoms with Crippen molar-refractivity contribution in [3.8, 4) is 28.1 Å². The lowest BCUT2D eigenvalue weighted by atomic mass is 10.0. The van der Waals surface area contributed by atoms with Gasteiger partial charge in [-0.3, -0.25) is 9.69 Å². The lowest BCUT2D eigenvalue weighted by Crippen LogP contribution is -2.27. The number of hydrogen-bond donors (Lipinski definition) is 2. The Hall–Kier alpha value is -5.48. The second kappa shape index (κ2) is 12.0. The Morgan fingerprint density at radius 1 is 1.02 bits per heavy atom. The highest BCUT2D eigenvalue weighted by atomic mass is 35.5. The molecule has 0 saturated heterocycles. The molecule has 0 unspecified atom stereocenters. The van der Waals surface area contributed by atoms with Gasteiger partial charge in [0.15, 0.2) is 5.82 Å². The fraction of sp³-hybridized carbons (Fsp3) is 0.0909. The highest BCUT2D eigenvalue weighted by molar-refractivity contribution is 6.31. The van der Waals surface area contributed by atoms with Crippen molar-refractivity contribution in [2.75, 3.05) is 11.9 Å². The maximum atomic E-state index is 13.8. The standard InChI is InChI=1S/C33H26ClFN6O3/c1-39(33(43)44)26-10-7-22(8-11-26)28-19-36-32(38-28)30(15-21-5-3-2-4-6-21)40-14-13-23(16-31(40)42)27-17-24(34)9-12-29(27)41-20-25(35)18-37-41/h2-14,16-20,30H,15H2,1H3,(H,36,38)(H,43,44)/t30-/m0/s1. The molecule has 3 aromatic carbocycles. The molecule has 0 aliphatic carbocycles. The van der Waals surface area contributed by atoms with E-state index in [4.69, 9.17) is 11.6 Å². The minimum Gasteiger partial charge on any atom is -0.465 e. The predicted molar refractivity (Wildman–Crippen MR) is 167 cm³/mol. The number of nitrogens with zero attached hydrogens (tertiary/aromatic N) is 5. The largest absolute Gasteiger partial charge is 0.465 e. The number of hydrogen-bond acceptors (Lipinski definition) is 4. The summed E-state index contributed by atoms with van der Waals surface area (Å²) in [5.74, 6) is 0.104. The molecule has 0 bridgehead atoms. The molecular formula is C33H26ClFN6O3. The molecule has 0 fully saturated rings. The molecule has 1 atom stereocenters. The summed E-state index contributed by atoms with van der Waals surface area (Å²) in [5.41, 5.74) is 4.64. The van der Waals surface area contributed by atoms with Crippen LogP contribution in [0.2, 0.25) is 5.02 Å². The molecule has 0 saturated carbocycles. The van der Waals surface area contributed by atoms with Gasteiger partial charge in [-0.25, -0.2) is 18.9 Å². The van der Waals surface area contributed by atoms with Gasteiger partial charge in [-0.2, -0.15) is 5.10 Å². The van der Waals surface area contributed by atoms with Crippen molar-refractivity contribution in [3.63, 3.8) is 0 Å². The van der Waals surface area contributed by atoms with Crippen LogP contribution >= 0.6 is 11.6 Å². The van der Waals surface area contributed by atoms with Crippen LogP contribution in [-0.4, -0.2) is 42.6 Å². The van der Waals surface area contributed by atoms with Gasteiger partial charge in [-0.1, -0.05) is 54.1 Å². The van der Waals surface area contributed by atoms with Gasteiger partial charge in [0.25, 0.3) is 5.56 Å². The molecule has 0 spiro atoms. The molecule has 3 aromatic heterocycles. The number of halogens is 2. The molecule has 9 nitrogen and oxygen atoms in total. The van der Waals surface area contributed by atoms with Crippen molar-refractivity contribution in [3.05, 3.63) is 142 Å². The lowest BCUT2D eigenvalue weighted by molar-refractivity contribution is 0.203. The van der Waals surface area contributed by atoms with Crippen LogP contribution in [0.25, 0.3) is 28.1 Å². The summed E-state index contributed by atoms with van der Waals surface area (Å²) in [4.78, 5) is 34.2. The minimum absolute atomic E-state index is 0.264. The first-order chi connectivity index (χ1) is 21.3. The summed E-state index contributed by atoms with van der Waals surface area (Å²) in [7, 11) is 1.48. The van der Waals surface area contributed by atoms with Crippen LogP contribution in [0.15, 0.2) is 115 Å². The SMILES string of the molecule is CN(C(=O)O)c1ccc(-c2cnc([C@H](Cc3ccccc3)n3ccc(-c4cc(Cl)ccc4-n4cc(F)cn4)cc3=O)[nH]2)cc1. The zero-order chi connectivity index (χ0) is 30.8. The maximum Gasteiger partial charge on any atom is 0.411 e. The summed E-state index contributed by atoms with van der Waals surface area (Å²) in [6.07, 6.45) is 5.23. The van der Waals surface area contributed by atoms with E-state index in [1.807, 2.05) is 48.5 Å². The van der Waals surface area contributed by atoms with Gasteiger partial charge in [0.2, 0.25) is 0 Å². The highest BCUT2D eigenvalue weighted by Crippen LogP contribution is 2.30. The van der Waals surface area contributed by atoms with E-state index < -0.39 is 18.0 Å². The fourth-order valence-electron chi connectivity index (χ4n) is 5.08. The molecule has 220 valence electrons. The molecule has 44 heavy (non-hydrogen) atoms. The topological polar surface area (TPSA) is 109 Å². The molecule has 0 radical (unpaired) electrons. The number of rotatable bonds is 8. The Balaban J connectivity index is 1.37. The third-order valence-electron chi connectivity index (χ3n) is 7.39. The van der Waals surface area contributed by atoms with E-state index in [-0.39, 0.29) is 5.56 Å². The van der Waals surface area contributed by atoms with E-state index in [1.54, 1.807) is 47.3 Å². The summed E-state index contributed by atoms with van der Waals surface area (Å²) in [6, 6.07) is 24.9. The average molecular weight is 609 g/mol. The van der Waals surface area contributed by atoms with Gasteiger partial charge < -0.3 is 14.7 Å². The summed E-state index contributed by atoms with van der Waals surface area (Å²) in [6.45, 7) is 0. The van der Waals surface area contributed by atoms with E-state index in [0.29, 0.717) is 39.8 Å². The van der Waals surface area contributed by atoms with E-state index >= 15 is 0 Å². The molecular weight excluding hydrogens is 583 g/mol. The molecule has 0 aliphatic heterocycles. The molecule has 2 N–H and O–H groups in total. The quantitative estimate of drug-likeness (QED) is 0.197. The number of aromatic amines is 1. The van der Waals surface area contributed by atoms with E-state index in [0.717, 1.165) is 27.9 Å². The third-order valence-corrected chi connectivity index (χ3v) is 7.62. The van der Waals surface area contributed by atoms with Gasteiger partial charge in [0, 0.05) is 42.0 Å².